The van der Waals surface area contributed by atoms with Crippen molar-refractivity contribution in [3.63, 3.8) is 0 Å². The zero-order valence-corrected chi connectivity index (χ0v) is 8.87. The maximum Gasteiger partial charge on any atom is 0.217 e. The van der Waals surface area contributed by atoms with Crippen molar-refractivity contribution < 1.29 is 4.79 Å². The van der Waals surface area contributed by atoms with E-state index in [1.54, 1.807) is 0 Å². The third-order valence-electron chi connectivity index (χ3n) is 2.00. The van der Waals surface area contributed by atoms with Crippen molar-refractivity contribution in [1.82, 2.24) is 5.32 Å². The molecule has 1 rings (SSSR count). The summed E-state index contributed by atoms with van der Waals surface area (Å²) in [5, 5.41) is 2.79. The lowest BCUT2D eigenvalue weighted by Gasteiger charge is -2.17. The van der Waals surface area contributed by atoms with E-state index < -0.39 is 0 Å². The Morgan fingerprint density at radius 1 is 1.36 bits per heavy atom. The van der Waals surface area contributed by atoms with Gasteiger partial charge in [0.2, 0.25) is 5.91 Å². The SMILES string of the molecule is CC(=O)NCc1ccccc1N(C)C. The number of hydrogen-bond donors (Lipinski definition) is 1. The highest BCUT2D eigenvalue weighted by molar-refractivity contribution is 5.73. The summed E-state index contributed by atoms with van der Waals surface area (Å²) in [5.74, 6) is -0.00133. The highest BCUT2D eigenvalue weighted by Gasteiger charge is 2.02. The average molecular weight is 192 g/mol. The number of amides is 1. The molecule has 0 spiro atoms. The van der Waals surface area contributed by atoms with E-state index in [9.17, 15) is 4.79 Å². The normalized spacial score (nSPS) is 9.64. The molecule has 0 aliphatic heterocycles. The molecule has 0 saturated heterocycles. The lowest BCUT2D eigenvalue weighted by molar-refractivity contribution is -0.119. The zero-order chi connectivity index (χ0) is 10.6. The van der Waals surface area contributed by atoms with E-state index in [0.717, 1.165) is 11.3 Å². The molecule has 1 aromatic carbocycles. The molecule has 3 heteroatoms. The Bertz CT molecular complexity index is 321. The van der Waals surface area contributed by atoms with Crippen molar-refractivity contribution in [3.8, 4) is 0 Å². The largest absolute Gasteiger partial charge is 0.377 e. The Morgan fingerprint density at radius 3 is 2.57 bits per heavy atom. The first-order valence-electron chi connectivity index (χ1n) is 4.61. The van der Waals surface area contributed by atoms with Crippen LogP contribution >= 0.6 is 0 Å². The fourth-order valence-corrected chi connectivity index (χ4v) is 1.32. The minimum absolute atomic E-state index is 0.00133. The van der Waals surface area contributed by atoms with Crippen molar-refractivity contribution in [2.45, 2.75) is 13.5 Å². The molecule has 0 radical (unpaired) electrons. The smallest absolute Gasteiger partial charge is 0.217 e. The third-order valence-corrected chi connectivity index (χ3v) is 2.00. The molecule has 76 valence electrons. The number of nitrogens with zero attached hydrogens (tertiary/aromatic N) is 1. The minimum Gasteiger partial charge on any atom is -0.377 e. The summed E-state index contributed by atoms with van der Waals surface area (Å²) in [6.07, 6.45) is 0. The Hall–Kier alpha value is -1.51. The van der Waals surface area contributed by atoms with Gasteiger partial charge in [-0.2, -0.15) is 0 Å². The molecule has 0 fully saturated rings. The molecule has 0 aromatic heterocycles. The van der Waals surface area contributed by atoms with Gasteiger partial charge in [0.15, 0.2) is 0 Å². The van der Waals surface area contributed by atoms with Gasteiger partial charge in [-0.05, 0) is 11.6 Å². The molecular weight excluding hydrogens is 176 g/mol. The molecule has 3 nitrogen and oxygen atoms in total. The van der Waals surface area contributed by atoms with Gasteiger partial charge in [-0.1, -0.05) is 18.2 Å². The minimum atomic E-state index is -0.00133. The van der Waals surface area contributed by atoms with Gasteiger partial charge >= 0.3 is 0 Å². The Kier molecular flexibility index (Phi) is 3.51. The Labute approximate surface area is 84.7 Å². The molecule has 0 heterocycles. The number of carbonyl (C=O) groups excluding carboxylic acids is 1. The first-order valence-corrected chi connectivity index (χ1v) is 4.61. The molecule has 14 heavy (non-hydrogen) atoms. The second-order valence-corrected chi connectivity index (χ2v) is 3.43. The van der Waals surface area contributed by atoms with E-state index in [1.807, 2.05) is 43.3 Å². The summed E-state index contributed by atoms with van der Waals surface area (Å²) in [7, 11) is 3.99. The van der Waals surface area contributed by atoms with Crippen LogP contribution in [0.5, 0.6) is 0 Å². The van der Waals surface area contributed by atoms with Crippen LogP contribution in [0.1, 0.15) is 12.5 Å². The van der Waals surface area contributed by atoms with Crippen molar-refractivity contribution in [1.29, 1.82) is 0 Å². The van der Waals surface area contributed by atoms with Crippen LogP contribution in [0.15, 0.2) is 24.3 Å². The lowest BCUT2D eigenvalue weighted by Crippen LogP contribution is -2.21. The Morgan fingerprint density at radius 2 is 2.00 bits per heavy atom. The molecule has 0 aliphatic carbocycles. The summed E-state index contributed by atoms with van der Waals surface area (Å²) < 4.78 is 0. The maximum absolute atomic E-state index is 10.8. The van der Waals surface area contributed by atoms with Crippen molar-refractivity contribution in [2.75, 3.05) is 19.0 Å². The average Bonchev–Trinajstić information content (AvgIpc) is 2.15. The van der Waals surface area contributed by atoms with E-state index >= 15 is 0 Å². The van der Waals surface area contributed by atoms with Crippen LogP contribution in [0.2, 0.25) is 0 Å². The van der Waals surface area contributed by atoms with Crippen molar-refractivity contribution in [2.24, 2.45) is 0 Å². The van der Waals surface area contributed by atoms with Crippen LogP contribution in [-0.4, -0.2) is 20.0 Å². The van der Waals surface area contributed by atoms with Gasteiger partial charge < -0.3 is 10.2 Å². The number of anilines is 1. The first-order chi connectivity index (χ1) is 6.61. The van der Waals surface area contributed by atoms with Gasteiger partial charge in [-0.3, -0.25) is 4.79 Å². The second-order valence-electron chi connectivity index (χ2n) is 3.43. The van der Waals surface area contributed by atoms with Gasteiger partial charge in [0.25, 0.3) is 0 Å². The van der Waals surface area contributed by atoms with E-state index in [2.05, 4.69) is 5.32 Å². The summed E-state index contributed by atoms with van der Waals surface area (Å²) in [6, 6.07) is 8.03. The van der Waals surface area contributed by atoms with Gasteiger partial charge in [0.05, 0.1) is 0 Å². The Balaban J connectivity index is 2.79. The highest BCUT2D eigenvalue weighted by atomic mass is 16.1. The number of carbonyl (C=O) groups is 1. The third kappa shape index (κ3) is 2.76. The van der Waals surface area contributed by atoms with E-state index in [4.69, 9.17) is 0 Å². The number of rotatable bonds is 3. The molecular formula is C11H16N2O. The molecule has 0 unspecified atom stereocenters. The molecule has 1 amide bonds. The second kappa shape index (κ2) is 4.65. The molecule has 1 aromatic rings. The van der Waals surface area contributed by atoms with E-state index in [0.29, 0.717) is 6.54 Å². The van der Waals surface area contributed by atoms with Crippen LogP contribution in [-0.2, 0) is 11.3 Å². The quantitative estimate of drug-likeness (QED) is 0.785. The summed E-state index contributed by atoms with van der Waals surface area (Å²) in [5.41, 5.74) is 2.27. The monoisotopic (exact) mass is 192 g/mol. The van der Waals surface area contributed by atoms with E-state index in [-0.39, 0.29) is 5.91 Å². The van der Waals surface area contributed by atoms with Gasteiger partial charge in [-0.25, -0.2) is 0 Å². The summed E-state index contributed by atoms with van der Waals surface area (Å²) in [4.78, 5) is 12.8. The van der Waals surface area contributed by atoms with Crippen molar-refractivity contribution in [3.05, 3.63) is 29.8 Å². The summed E-state index contributed by atoms with van der Waals surface area (Å²) >= 11 is 0. The highest BCUT2D eigenvalue weighted by Crippen LogP contribution is 2.17. The molecule has 1 N–H and O–H groups in total. The summed E-state index contributed by atoms with van der Waals surface area (Å²) in [6.45, 7) is 2.11. The van der Waals surface area contributed by atoms with Gasteiger partial charge in [0, 0.05) is 33.3 Å². The standard InChI is InChI=1S/C11H16N2O/c1-9(14)12-8-10-6-4-5-7-11(10)13(2)3/h4-7H,8H2,1-3H3,(H,12,14). The maximum atomic E-state index is 10.8. The van der Waals surface area contributed by atoms with Crippen LogP contribution < -0.4 is 10.2 Å². The molecule has 0 saturated carbocycles. The number of hydrogen-bond acceptors (Lipinski definition) is 2. The van der Waals surface area contributed by atoms with Crippen LogP contribution in [0.4, 0.5) is 5.69 Å². The number of nitrogens with one attached hydrogen (secondary N) is 1. The van der Waals surface area contributed by atoms with E-state index in [1.165, 1.54) is 6.92 Å². The van der Waals surface area contributed by atoms with Crippen LogP contribution in [0.3, 0.4) is 0 Å². The topological polar surface area (TPSA) is 32.3 Å². The van der Waals surface area contributed by atoms with Crippen LogP contribution in [0, 0.1) is 0 Å². The van der Waals surface area contributed by atoms with Gasteiger partial charge in [-0.15, -0.1) is 0 Å². The van der Waals surface area contributed by atoms with Crippen LogP contribution in [0.25, 0.3) is 0 Å². The van der Waals surface area contributed by atoms with Gasteiger partial charge in [0.1, 0.15) is 0 Å². The predicted molar refractivity (Wildman–Crippen MR) is 58.3 cm³/mol. The number of para-hydroxylation sites is 1. The fourth-order valence-electron chi connectivity index (χ4n) is 1.32. The predicted octanol–water partition coefficient (Wildman–Crippen LogP) is 1.39. The first kappa shape index (κ1) is 10.6. The lowest BCUT2D eigenvalue weighted by atomic mass is 10.1. The fraction of sp³-hybridized carbons (Fsp3) is 0.364. The van der Waals surface area contributed by atoms with Crippen molar-refractivity contribution >= 4 is 11.6 Å². The molecule has 0 atom stereocenters. The molecule has 0 aliphatic rings. The zero-order valence-electron chi connectivity index (χ0n) is 8.87. The molecule has 0 bridgehead atoms. The number of benzene rings is 1.